The highest BCUT2D eigenvalue weighted by Crippen LogP contribution is 2.18. The predicted octanol–water partition coefficient (Wildman–Crippen LogP) is 1.42. The van der Waals surface area contributed by atoms with Crippen molar-refractivity contribution in [2.24, 2.45) is 0 Å². The lowest BCUT2D eigenvalue weighted by atomic mass is 10.1. The van der Waals surface area contributed by atoms with E-state index in [1.165, 1.54) is 0 Å². The fourth-order valence-corrected chi connectivity index (χ4v) is 2.37. The van der Waals surface area contributed by atoms with E-state index in [4.69, 9.17) is 0 Å². The van der Waals surface area contributed by atoms with Gasteiger partial charge in [-0.25, -0.2) is 0 Å². The van der Waals surface area contributed by atoms with Crippen LogP contribution in [0.3, 0.4) is 0 Å². The number of carbonyl (C=O) groups is 2. The van der Waals surface area contributed by atoms with Crippen molar-refractivity contribution in [3.05, 3.63) is 41.1 Å². The van der Waals surface area contributed by atoms with Crippen molar-refractivity contribution in [3.8, 4) is 6.07 Å². The van der Waals surface area contributed by atoms with Gasteiger partial charge in [0.05, 0.1) is 0 Å². The molecule has 0 radical (unpaired) electrons. The molecule has 0 aromatic heterocycles. The Hall–Kier alpha value is -2.81. The van der Waals surface area contributed by atoms with E-state index in [2.05, 4.69) is 5.32 Å². The average molecular weight is 312 g/mol. The van der Waals surface area contributed by atoms with Crippen molar-refractivity contribution in [2.45, 2.75) is 13.8 Å². The molecule has 1 heterocycles. The van der Waals surface area contributed by atoms with E-state index in [0.717, 1.165) is 17.5 Å². The number of carbonyl (C=O) groups excluding carboxylic acids is 2. The highest BCUT2D eigenvalue weighted by molar-refractivity contribution is 6.06. The second-order valence-corrected chi connectivity index (χ2v) is 5.53. The second kappa shape index (κ2) is 7.45. The number of benzene rings is 1. The van der Waals surface area contributed by atoms with Gasteiger partial charge >= 0.3 is 0 Å². The summed E-state index contributed by atoms with van der Waals surface area (Å²) < 4.78 is 0. The SMILES string of the molecule is Cc1cccc(NC(=O)/C(C#N)=C\N2CCN(C=O)CC2)c1C. The van der Waals surface area contributed by atoms with Gasteiger partial charge in [0.15, 0.2) is 0 Å². The summed E-state index contributed by atoms with van der Waals surface area (Å²) in [6, 6.07) is 7.61. The zero-order valence-electron chi connectivity index (χ0n) is 13.4. The molecule has 23 heavy (non-hydrogen) atoms. The molecule has 2 rings (SSSR count). The van der Waals surface area contributed by atoms with Crippen molar-refractivity contribution < 1.29 is 9.59 Å². The second-order valence-electron chi connectivity index (χ2n) is 5.53. The van der Waals surface area contributed by atoms with E-state index in [1.807, 2.05) is 43.0 Å². The number of hydrogen-bond acceptors (Lipinski definition) is 4. The van der Waals surface area contributed by atoms with Gasteiger partial charge in [-0.2, -0.15) is 5.26 Å². The van der Waals surface area contributed by atoms with Crippen LogP contribution < -0.4 is 5.32 Å². The molecule has 1 saturated heterocycles. The third-order valence-corrected chi connectivity index (χ3v) is 4.03. The molecule has 1 aliphatic rings. The van der Waals surface area contributed by atoms with Crippen LogP contribution in [0.2, 0.25) is 0 Å². The van der Waals surface area contributed by atoms with E-state index < -0.39 is 5.91 Å². The normalized spacial score (nSPS) is 15.1. The van der Waals surface area contributed by atoms with Gasteiger partial charge in [0, 0.05) is 38.1 Å². The van der Waals surface area contributed by atoms with Crippen LogP contribution in [0.25, 0.3) is 0 Å². The van der Waals surface area contributed by atoms with Crippen LogP contribution >= 0.6 is 0 Å². The Morgan fingerprint density at radius 2 is 1.87 bits per heavy atom. The van der Waals surface area contributed by atoms with E-state index in [9.17, 15) is 14.9 Å². The lowest BCUT2D eigenvalue weighted by molar-refractivity contribution is -0.119. The van der Waals surface area contributed by atoms with Crippen molar-refractivity contribution in [1.29, 1.82) is 5.26 Å². The number of rotatable bonds is 4. The molecule has 1 N–H and O–H groups in total. The Labute approximate surface area is 136 Å². The molecule has 2 amide bonds. The van der Waals surface area contributed by atoms with E-state index in [0.29, 0.717) is 31.9 Å². The smallest absolute Gasteiger partial charge is 0.267 e. The fraction of sp³-hybridized carbons (Fsp3) is 0.353. The number of nitrogens with one attached hydrogen (secondary N) is 1. The Kier molecular flexibility index (Phi) is 5.36. The van der Waals surface area contributed by atoms with Crippen molar-refractivity contribution >= 4 is 18.0 Å². The molecule has 120 valence electrons. The molecular formula is C17H20N4O2. The minimum atomic E-state index is -0.418. The fourth-order valence-electron chi connectivity index (χ4n) is 2.37. The van der Waals surface area contributed by atoms with Crippen molar-refractivity contribution in [3.63, 3.8) is 0 Å². The van der Waals surface area contributed by atoms with Gasteiger partial charge in [-0.15, -0.1) is 0 Å². The van der Waals surface area contributed by atoms with Gasteiger partial charge in [0.1, 0.15) is 11.6 Å². The monoisotopic (exact) mass is 312 g/mol. The van der Waals surface area contributed by atoms with Crippen molar-refractivity contribution in [1.82, 2.24) is 9.80 Å². The zero-order chi connectivity index (χ0) is 16.8. The minimum absolute atomic E-state index is 0.0606. The molecule has 0 aliphatic carbocycles. The Bertz CT molecular complexity index is 668. The van der Waals surface area contributed by atoms with E-state index in [1.54, 1.807) is 11.1 Å². The van der Waals surface area contributed by atoms with Gasteiger partial charge in [-0.05, 0) is 31.0 Å². The van der Waals surface area contributed by atoms with Crippen LogP contribution in [0, 0.1) is 25.2 Å². The first-order valence-electron chi connectivity index (χ1n) is 7.48. The molecule has 0 unspecified atom stereocenters. The van der Waals surface area contributed by atoms with Gasteiger partial charge in [0.2, 0.25) is 6.41 Å². The van der Waals surface area contributed by atoms with Crippen LogP contribution in [-0.4, -0.2) is 48.3 Å². The number of nitrogens with zero attached hydrogens (tertiary/aromatic N) is 3. The first kappa shape index (κ1) is 16.6. The van der Waals surface area contributed by atoms with E-state index >= 15 is 0 Å². The molecule has 0 spiro atoms. The Balaban J connectivity index is 2.07. The first-order valence-corrected chi connectivity index (χ1v) is 7.48. The lowest BCUT2D eigenvalue weighted by Crippen LogP contribution is -2.43. The molecule has 6 heteroatoms. The molecule has 1 aliphatic heterocycles. The van der Waals surface area contributed by atoms with Crippen LogP contribution in [0.5, 0.6) is 0 Å². The summed E-state index contributed by atoms with van der Waals surface area (Å²) in [5.74, 6) is -0.418. The summed E-state index contributed by atoms with van der Waals surface area (Å²) in [6.07, 6.45) is 2.39. The summed E-state index contributed by atoms with van der Waals surface area (Å²) >= 11 is 0. The maximum absolute atomic E-state index is 12.3. The minimum Gasteiger partial charge on any atom is -0.373 e. The predicted molar refractivity (Wildman–Crippen MR) is 87.5 cm³/mol. The third-order valence-electron chi connectivity index (χ3n) is 4.03. The molecule has 0 bridgehead atoms. The highest BCUT2D eigenvalue weighted by Gasteiger charge is 2.16. The highest BCUT2D eigenvalue weighted by atomic mass is 16.1. The molecule has 1 aromatic carbocycles. The summed E-state index contributed by atoms with van der Waals surface area (Å²) in [7, 11) is 0. The lowest BCUT2D eigenvalue weighted by Gasteiger charge is -2.31. The maximum atomic E-state index is 12.3. The molecule has 6 nitrogen and oxygen atoms in total. The summed E-state index contributed by atoms with van der Waals surface area (Å²) in [5, 5.41) is 12.0. The van der Waals surface area contributed by atoms with Gasteiger partial charge in [-0.1, -0.05) is 12.1 Å². The maximum Gasteiger partial charge on any atom is 0.267 e. The molecular weight excluding hydrogens is 292 g/mol. The van der Waals surface area contributed by atoms with Gasteiger partial charge < -0.3 is 15.1 Å². The van der Waals surface area contributed by atoms with E-state index in [-0.39, 0.29) is 5.57 Å². The third kappa shape index (κ3) is 4.10. The topological polar surface area (TPSA) is 76.4 Å². The molecule has 0 atom stereocenters. The molecule has 1 aromatic rings. The number of aryl methyl sites for hydroxylation is 1. The van der Waals surface area contributed by atoms with Crippen LogP contribution in [0.1, 0.15) is 11.1 Å². The summed E-state index contributed by atoms with van der Waals surface area (Å²) in [6.45, 7) is 6.31. The number of nitriles is 1. The average Bonchev–Trinajstić information content (AvgIpc) is 2.57. The largest absolute Gasteiger partial charge is 0.373 e. The number of amides is 2. The quantitative estimate of drug-likeness (QED) is 0.518. The van der Waals surface area contributed by atoms with Crippen molar-refractivity contribution in [2.75, 3.05) is 31.5 Å². The number of anilines is 1. The first-order chi connectivity index (χ1) is 11.0. The van der Waals surface area contributed by atoms with Crippen LogP contribution in [-0.2, 0) is 9.59 Å². The van der Waals surface area contributed by atoms with Gasteiger partial charge in [0.25, 0.3) is 5.91 Å². The molecule has 0 saturated carbocycles. The van der Waals surface area contributed by atoms with Gasteiger partial charge in [-0.3, -0.25) is 9.59 Å². The molecule has 1 fully saturated rings. The van der Waals surface area contributed by atoms with Crippen LogP contribution in [0.4, 0.5) is 5.69 Å². The number of piperazine rings is 1. The Morgan fingerprint density at radius 1 is 1.22 bits per heavy atom. The summed E-state index contributed by atoms with van der Waals surface area (Å²) in [4.78, 5) is 26.6. The number of hydrogen-bond donors (Lipinski definition) is 1. The Morgan fingerprint density at radius 3 is 2.48 bits per heavy atom. The van der Waals surface area contributed by atoms with Crippen LogP contribution in [0.15, 0.2) is 30.0 Å². The zero-order valence-corrected chi connectivity index (χ0v) is 13.4. The standard InChI is InChI=1S/C17H20N4O2/c1-13-4-3-5-16(14(13)2)19-17(23)15(10-18)11-20-6-8-21(12-22)9-7-20/h3-5,11-12H,6-9H2,1-2H3,(H,19,23)/b15-11-. The summed E-state index contributed by atoms with van der Waals surface area (Å²) in [5.41, 5.74) is 2.83.